The van der Waals surface area contributed by atoms with E-state index >= 15 is 0 Å². The van der Waals surface area contributed by atoms with Gasteiger partial charge in [-0.05, 0) is 34.1 Å². The summed E-state index contributed by atoms with van der Waals surface area (Å²) in [7, 11) is 0.742. The maximum absolute atomic E-state index is 6.63. The average Bonchev–Trinajstić information content (AvgIpc) is 3.00. The summed E-state index contributed by atoms with van der Waals surface area (Å²) in [4.78, 5) is 9.01. The lowest BCUT2D eigenvalue weighted by Gasteiger charge is -2.15. The summed E-state index contributed by atoms with van der Waals surface area (Å²) in [5.74, 6) is 0.798. The molecule has 3 aromatic rings. The van der Waals surface area contributed by atoms with Crippen molar-refractivity contribution >= 4 is 52.5 Å². The molecule has 8 heteroatoms. The van der Waals surface area contributed by atoms with Crippen molar-refractivity contribution in [2.24, 2.45) is 0 Å². The van der Waals surface area contributed by atoms with Crippen LogP contribution in [0.5, 0.6) is 0 Å². The van der Waals surface area contributed by atoms with Crippen molar-refractivity contribution in [3.8, 4) is 11.1 Å². The van der Waals surface area contributed by atoms with Crippen LogP contribution in [0.15, 0.2) is 35.2 Å². The summed E-state index contributed by atoms with van der Waals surface area (Å²) >= 11 is 10.1. The number of hydrogen-bond donors (Lipinski definition) is 1. The molecule has 27 heavy (non-hydrogen) atoms. The Balaban J connectivity index is 2.02. The highest BCUT2D eigenvalue weighted by molar-refractivity contribution is 9.10. The minimum absolute atomic E-state index is 0.446. The molecule has 0 aliphatic rings. The van der Waals surface area contributed by atoms with E-state index in [1.807, 2.05) is 29.9 Å². The normalized spacial score (nSPS) is 11.9. The standard InChI is InChI=1S/C19H24BrClN4OSi/c1-22-18-13(6-5-7-23-18)14-11-25(12-26-8-9-27(2,3)4)19-16(14)17(21)15(20)10-24-19/h5-7,10-11H,8-9,12H2,1-4H3,(H,22,23). The second-order valence-electron chi connectivity index (χ2n) is 7.63. The first-order chi connectivity index (χ1) is 12.8. The van der Waals surface area contributed by atoms with E-state index in [0.29, 0.717) is 11.8 Å². The van der Waals surface area contributed by atoms with Gasteiger partial charge in [0.15, 0.2) is 0 Å². The van der Waals surface area contributed by atoms with Gasteiger partial charge >= 0.3 is 0 Å². The molecule has 0 aromatic carbocycles. The number of hydrogen-bond acceptors (Lipinski definition) is 4. The third kappa shape index (κ3) is 4.54. The highest BCUT2D eigenvalue weighted by Gasteiger charge is 2.19. The van der Waals surface area contributed by atoms with Gasteiger partial charge in [0, 0.05) is 56.8 Å². The number of aromatic nitrogens is 3. The van der Waals surface area contributed by atoms with Gasteiger partial charge in [-0.2, -0.15) is 0 Å². The topological polar surface area (TPSA) is 52.0 Å². The van der Waals surface area contributed by atoms with E-state index in [2.05, 4.69) is 50.9 Å². The van der Waals surface area contributed by atoms with E-state index in [-0.39, 0.29) is 0 Å². The summed E-state index contributed by atoms with van der Waals surface area (Å²) < 4.78 is 8.73. The van der Waals surface area contributed by atoms with Crippen LogP contribution in [0, 0.1) is 0 Å². The smallest absolute Gasteiger partial charge is 0.143 e. The number of nitrogens with zero attached hydrogens (tertiary/aromatic N) is 3. The molecule has 0 spiro atoms. The highest BCUT2D eigenvalue weighted by atomic mass is 79.9. The molecule has 0 radical (unpaired) electrons. The lowest BCUT2D eigenvalue weighted by Crippen LogP contribution is -2.22. The van der Waals surface area contributed by atoms with Gasteiger partial charge in [0.1, 0.15) is 18.2 Å². The molecule has 5 nitrogen and oxygen atoms in total. The average molecular weight is 468 g/mol. The van der Waals surface area contributed by atoms with Gasteiger partial charge in [-0.3, -0.25) is 0 Å². The minimum atomic E-state index is -1.12. The van der Waals surface area contributed by atoms with Gasteiger partial charge in [-0.25, -0.2) is 9.97 Å². The number of ether oxygens (including phenoxy) is 1. The van der Waals surface area contributed by atoms with Crippen LogP contribution in [0.25, 0.3) is 22.2 Å². The number of nitrogens with one attached hydrogen (secondary N) is 1. The molecule has 0 saturated heterocycles. The largest absolute Gasteiger partial charge is 0.373 e. The van der Waals surface area contributed by atoms with Gasteiger partial charge < -0.3 is 14.6 Å². The zero-order valence-electron chi connectivity index (χ0n) is 16.0. The van der Waals surface area contributed by atoms with Crippen LogP contribution in [0.2, 0.25) is 30.7 Å². The lowest BCUT2D eigenvalue weighted by molar-refractivity contribution is 0.0899. The SMILES string of the molecule is CNc1ncccc1-c1cn(COCC[Si](C)(C)C)c2ncc(Br)c(Cl)c12. The maximum atomic E-state index is 6.63. The zero-order valence-corrected chi connectivity index (χ0v) is 19.4. The molecule has 0 amide bonds. The van der Waals surface area contributed by atoms with Crippen molar-refractivity contribution in [3.05, 3.63) is 40.2 Å². The molecule has 0 saturated carbocycles. The van der Waals surface area contributed by atoms with Gasteiger partial charge in [-0.1, -0.05) is 31.2 Å². The predicted molar refractivity (Wildman–Crippen MR) is 119 cm³/mol. The predicted octanol–water partition coefficient (Wildman–Crippen LogP) is 5.87. The molecular formula is C19H24BrClN4OSi. The van der Waals surface area contributed by atoms with Crippen LogP contribution < -0.4 is 5.32 Å². The molecular weight excluding hydrogens is 444 g/mol. The molecule has 0 atom stereocenters. The van der Waals surface area contributed by atoms with Crippen LogP contribution in [0.4, 0.5) is 5.82 Å². The molecule has 0 aliphatic carbocycles. The quantitative estimate of drug-likeness (QED) is 0.349. The first kappa shape index (κ1) is 20.3. The van der Waals surface area contributed by atoms with Gasteiger partial charge in [0.05, 0.1) is 9.50 Å². The Kier molecular flexibility index (Phi) is 6.25. The molecule has 0 fully saturated rings. The Morgan fingerprint density at radius 2 is 2.04 bits per heavy atom. The number of anilines is 1. The van der Waals surface area contributed by atoms with E-state index in [9.17, 15) is 0 Å². The lowest BCUT2D eigenvalue weighted by atomic mass is 10.1. The molecule has 3 aromatic heterocycles. The van der Waals surface area contributed by atoms with E-state index < -0.39 is 8.07 Å². The first-order valence-electron chi connectivity index (χ1n) is 8.85. The van der Waals surface area contributed by atoms with Crippen LogP contribution in [0.3, 0.4) is 0 Å². The number of rotatable bonds is 7. The molecule has 0 bridgehead atoms. The van der Waals surface area contributed by atoms with Crippen molar-refractivity contribution in [1.29, 1.82) is 0 Å². The molecule has 144 valence electrons. The number of fused-ring (bicyclic) bond motifs is 1. The summed E-state index contributed by atoms with van der Waals surface area (Å²) in [6.45, 7) is 8.24. The number of pyridine rings is 2. The third-order valence-corrected chi connectivity index (χ3v) is 7.27. The Bertz CT molecular complexity index is 955. The van der Waals surface area contributed by atoms with E-state index in [0.717, 1.165) is 45.1 Å². The van der Waals surface area contributed by atoms with Crippen molar-refractivity contribution in [2.75, 3.05) is 19.0 Å². The van der Waals surface area contributed by atoms with Crippen LogP contribution in [0.1, 0.15) is 0 Å². The Morgan fingerprint density at radius 3 is 2.74 bits per heavy atom. The second kappa shape index (κ2) is 8.30. The Labute approximate surface area is 174 Å². The van der Waals surface area contributed by atoms with Crippen LogP contribution >= 0.6 is 27.5 Å². The molecule has 0 aliphatic heterocycles. The maximum Gasteiger partial charge on any atom is 0.143 e. The van der Waals surface area contributed by atoms with Crippen LogP contribution in [-0.2, 0) is 11.5 Å². The molecule has 0 unspecified atom stereocenters. The zero-order chi connectivity index (χ0) is 19.6. The molecule has 3 heterocycles. The Morgan fingerprint density at radius 1 is 1.26 bits per heavy atom. The first-order valence-corrected chi connectivity index (χ1v) is 13.7. The summed E-state index contributed by atoms with van der Waals surface area (Å²) in [6.07, 6.45) is 5.54. The van der Waals surface area contributed by atoms with E-state index in [1.165, 1.54) is 0 Å². The second-order valence-corrected chi connectivity index (χ2v) is 14.5. The minimum Gasteiger partial charge on any atom is -0.373 e. The fourth-order valence-corrected chi connectivity index (χ4v) is 4.15. The van der Waals surface area contributed by atoms with Crippen molar-refractivity contribution in [1.82, 2.24) is 14.5 Å². The fraction of sp³-hybridized carbons (Fsp3) is 0.368. The van der Waals surface area contributed by atoms with Crippen molar-refractivity contribution in [2.45, 2.75) is 32.4 Å². The fourth-order valence-electron chi connectivity index (χ4n) is 2.86. The molecule has 1 N–H and O–H groups in total. The van der Waals surface area contributed by atoms with Gasteiger partial charge in [0.25, 0.3) is 0 Å². The highest BCUT2D eigenvalue weighted by Crippen LogP contribution is 2.39. The van der Waals surface area contributed by atoms with Gasteiger partial charge in [0.2, 0.25) is 0 Å². The van der Waals surface area contributed by atoms with E-state index in [1.54, 1.807) is 12.4 Å². The number of halogens is 2. The van der Waals surface area contributed by atoms with Gasteiger partial charge in [-0.15, -0.1) is 0 Å². The molecule has 3 rings (SSSR count). The monoisotopic (exact) mass is 466 g/mol. The third-order valence-electron chi connectivity index (χ3n) is 4.34. The summed E-state index contributed by atoms with van der Waals surface area (Å²) in [5.41, 5.74) is 2.76. The summed E-state index contributed by atoms with van der Waals surface area (Å²) in [5, 5.41) is 4.68. The van der Waals surface area contributed by atoms with Crippen molar-refractivity contribution < 1.29 is 4.74 Å². The van der Waals surface area contributed by atoms with Crippen molar-refractivity contribution in [3.63, 3.8) is 0 Å². The Hall–Kier alpha value is -1.41. The van der Waals surface area contributed by atoms with E-state index in [4.69, 9.17) is 16.3 Å². The summed E-state index contributed by atoms with van der Waals surface area (Å²) in [6, 6.07) is 5.08. The van der Waals surface area contributed by atoms with Crippen LogP contribution in [-0.4, -0.2) is 36.3 Å².